The molecule has 0 unspecified atom stereocenters. The number of piperazine rings is 2. The lowest BCUT2D eigenvalue weighted by molar-refractivity contribution is -0.187. The molecular weight excluding hydrogens is 391 g/mol. The lowest BCUT2D eigenvalue weighted by Gasteiger charge is -2.44. The average Bonchev–Trinajstić information content (AvgIpc) is 3.17. The molecule has 3 fully saturated rings. The molecule has 28 heavy (non-hydrogen) atoms. The number of thiazole rings is 1. The molecule has 0 aromatic carbocycles. The van der Waals surface area contributed by atoms with Crippen LogP contribution in [0.4, 0.5) is 18.3 Å². The van der Waals surface area contributed by atoms with Crippen LogP contribution in [-0.2, 0) is 4.79 Å². The molecule has 1 aliphatic carbocycles. The van der Waals surface area contributed by atoms with Gasteiger partial charge in [-0.1, -0.05) is 12.8 Å². The minimum absolute atomic E-state index is 0.122. The topological polar surface area (TPSA) is 63.5 Å². The number of aromatic nitrogens is 1. The molecule has 1 aromatic rings. The number of halogens is 3. The number of amides is 1. The van der Waals surface area contributed by atoms with E-state index in [4.69, 9.17) is 5.26 Å². The van der Waals surface area contributed by atoms with Crippen LogP contribution < -0.4 is 4.90 Å². The fraction of sp³-hybridized carbons (Fsp3) is 0.722. The zero-order valence-corrected chi connectivity index (χ0v) is 16.2. The Balaban J connectivity index is 1.52. The van der Waals surface area contributed by atoms with Crippen molar-refractivity contribution >= 4 is 22.4 Å². The molecule has 10 heteroatoms. The molecule has 2 aliphatic heterocycles. The number of nitrogens with zero attached hydrogens (tertiary/aromatic N) is 5. The van der Waals surface area contributed by atoms with E-state index in [0.717, 1.165) is 6.42 Å². The van der Waals surface area contributed by atoms with Gasteiger partial charge in [0.2, 0.25) is 5.91 Å². The molecule has 3 atom stereocenters. The number of fused-ring (bicyclic) bond motifs is 1. The summed E-state index contributed by atoms with van der Waals surface area (Å²) in [6.07, 6.45) is 1.46. The van der Waals surface area contributed by atoms with Gasteiger partial charge < -0.3 is 4.90 Å². The summed E-state index contributed by atoms with van der Waals surface area (Å²) in [4.78, 5) is 23.1. The Morgan fingerprint density at radius 1 is 1.18 bits per heavy atom. The van der Waals surface area contributed by atoms with Crippen LogP contribution in [0, 0.1) is 17.4 Å². The first-order chi connectivity index (χ1) is 13.4. The maximum atomic E-state index is 13.4. The molecule has 6 nitrogen and oxygen atoms in total. The Bertz CT molecular complexity index is 776. The highest BCUT2D eigenvalue weighted by atomic mass is 32.1. The summed E-state index contributed by atoms with van der Waals surface area (Å²) in [5.41, 5.74) is 0. The zero-order chi connectivity index (χ0) is 19.9. The summed E-state index contributed by atoms with van der Waals surface area (Å²) in [6.45, 7) is 2.78. The average molecular weight is 413 g/mol. The highest BCUT2D eigenvalue weighted by molar-refractivity contribution is 7.15. The number of rotatable bonds is 2. The van der Waals surface area contributed by atoms with Crippen molar-refractivity contribution in [3.8, 4) is 6.19 Å². The number of hydrogen-bond acceptors (Lipinski definition) is 6. The first-order valence-corrected chi connectivity index (χ1v) is 10.4. The highest BCUT2D eigenvalue weighted by Crippen LogP contribution is 2.48. The third-order valence-electron chi connectivity index (χ3n) is 6.09. The summed E-state index contributed by atoms with van der Waals surface area (Å²) in [5, 5.41) is 9.59. The Labute approximate surface area is 165 Å². The number of carbonyl (C=O) groups is 1. The van der Waals surface area contributed by atoms with Crippen molar-refractivity contribution in [2.75, 3.05) is 37.6 Å². The van der Waals surface area contributed by atoms with Gasteiger partial charge in [-0.15, -0.1) is 11.3 Å². The van der Waals surface area contributed by atoms with Crippen LogP contribution in [0.5, 0.6) is 0 Å². The van der Waals surface area contributed by atoms with E-state index >= 15 is 0 Å². The van der Waals surface area contributed by atoms with Gasteiger partial charge in [0.1, 0.15) is 6.04 Å². The van der Waals surface area contributed by atoms with Crippen molar-refractivity contribution in [3.05, 3.63) is 11.1 Å². The Morgan fingerprint density at radius 2 is 1.93 bits per heavy atom. The van der Waals surface area contributed by atoms with Gasteiger partial charge in [-0.3, -0.25) is 14.6 Å². The third-order valence-corrected chi connectivity index (χ3v) is 7.24. The van der Waals surface area contributed by atoms with Crippen molar-refractivity contribution in [1.29, 1.82) is 5.26 Å². The van der Waals surface area contributed by atoms with E-state index in [1.807, 2.05) is 0 Å². The van der Waals surface area contributed by atoms with E-state index in [2.05, 4.69) is 16.1 Å². The van der Waals surface area contributed by atoms with Crippen molar-refractivity contribution in [1.82, 2.24) is 14.8 Å². The Morgan fingerprint density at radius 3 is 2.68 bits per heavy atom. The summed E-state index contributed by atoms with van der Waals surface area (Å²) < 4.78 is 40.3. The monoisotopic (exact) mass is 413 g/mol. The first kappa shape index (κ1) is 19.5. The summed E-state index contributed by atoms with van der Waals surface area (Å²) in [6, 6.07) is -0.396. The Kier molecular flexibility index (Phi) is 5.22. The largest absolute Gasteiger partial charge is 0.392 e. The van der Waals surface area contributed by atoms with Crippen molar-refractivity contribution in [3.63, 3.8) is 0 Å². The van der Waals surface area contributed by atoms with Crippen LogP contribution >= 0.6 is 11.3 Å². The molecule has 3 aliphatic rings. The molecule has 2 saturated heterocycles. The SMILES string of the molecule is N#CN1CCN2CCN(c3ncc([C@@H]4CCCC[C@@H]4C(F)(F)F)s3)C(=O)[C@H]2C1. The predicted molar refractivity (Wildman–Crippen MR) is 97.8 cm³/mol. The molecule has 0 N–H and O–H groups in total. The van der Waals surface area contributed by atoms with Crippen LogP contribution in [0.1, 0.15) is 36.5 Å². The van der Waals surface area contributed by atoms with Gasteiger partial charge in [-0.2, -0.15) is 18.4 Å². The Hall–Kier alpha value is -1.86. The fourth-order valence-electron chi connectivity index (χ4n) is 4.56. The van der Waals surface area contributed by atoms with Crippen molar-refractivity contribution in [2.24, 2.45) is 5.92 Å². The van der Waals surface area contributed by atoms with Gasteiger partial charge in [-0.25, -0.2) is 4.98 Å². The quantitative estimate of drug-likeness (QED) is 0.698. The molecule has 0 radical (unpaired) electrons. The van der Waals surface area contributed by atoms with E-state index in [9.17, 15) is 18.0 Å². The lowest BCUT2D eigenvalue weighted by Crippen LogP contribution is -2.64. The van der Waals surface area contributed by atoms with Gasteiger partial charge >= 0.3 is 6.18 Å². The number of nitriles is 1. The normalized spacial score (nSPS) is 29.5. The smallest absolute Gasteiger partial charge is 0.307 e. The van der Waals surface area contributed by atoms with Crippen molar-refractivity contribution < 1.29 is 18.0 Å². The second-order valence-corrected chi connectivity index (χ2v) is 8.71. The molecule has 1 aromatic heterocycles. The van der Waals surface area contributed by atoms with Gasteiger partial charge in [0.05, 0.1) is 12.5 Å². The van der Waals surface area contributed by atoms with Crippen LogP contribution in [0.25, 0.3) is 0 Å². The molecule has 3 heterocycles. The molecular formula is C18H22F3N5OS. The van der Waals surface area contributed by atoms with E-state index in [1.54, 1.807) is 9.80 Å². The zero-order valence-electron chi connectivity index (χ0n) is 15.4. The number of anilines is 1. The van der Waals surface area contributed by atoms with Crippen LogP contribution in [0.3, 0.4) is 0 Å². The van der Waals surface area contributed by atoms with E-state index in [0.29, 0.717) is 55.6 Å². The molecule has 1 amide bonds. The van der Waals surface area contributed by atoms with Gasteiger partial charge in [0, 0.05) is 43.2 Å². The van der Waals surface area contributed by atoms with Gasteiger partial charge in [0.15, 0.2) is 11.3 Å². The maximum absolute atomic E-state index is 13.4. The minimum atomic E-state index is -4.21. The third kappa shape index (κ3) is 3.57. The lowest BCUT2D eigenvalue weighted by atomic mass is 9.78. The van der Waals surface area contributed by atoms with Gasteiger partial charge in [0.25, 0.3) is 0 Å². The minimum Gasteiger partial charge on any atom is -0.307 e. The highest BCUT2D eigenvalue weighted by Gasteiger charge is 2.47. The van der Waals surface area contributed by atoms with E-state index in [-0.39, 0.29) is 12.3 Å². The van der Waals surface area contributed by atoms with Crippen LogP contribution in [0.15, 0.2) is 6.20 Å². The second-order valence-electron chi connectivity index (χ2n) is 7.67. The summed E-state index contributed by atoms with van der Waals surface area (Å²) >= 11 is 1.21. The van der Waals surface area contributed by atoms with E-state index in [1.165, 1.54) is 17.5 Å². The molecule has 152 valence electrons. The molecule has 0 bridgehead atoms. The summed E-state index contributed by atoms with van der Waals surface area (Å²) in [5.74, 6) is -2.02. The summed E-state index contributed by atoms with van der Waals surface area (Å²) in [7, 11) is 0. The molecule has 1 saturated carbocycles. The number of carbonyl (C=O) groups excluding carboxylic acids is 1. The standard InChI is InChI=1S/C18H22F3N5OS/c19-18(20,21)13-4-2-1-3-12(13)15-9-23-17(28-15)26-8-7-25-6-5-24(11-22)10-14(25)16(26)27/h9,12-14H,1-8,10H2/t12-,13+,14-/m1/s1. The number of alkyl halides is 3. The number of hydrogen-bond donors (Lipinski definition) is 0. The molecule has 4 rings (SSSR count). The molecule has 0 spiro atoms. The second kappa shape index (κ2) is 7.52. The van der Waals surface area contributed by atoms with Crippen molar-refractivity contribution in [2.45, 2.75) is 43.8 Å². The van der Waals surface area contributed by atoms with Crippen LogP contribution in [-0.4, -0.2) is 65.6 Å². The van der Waals surface area contributed by atoms with Crippen LogP contribution in [0.2, 0.25) is 0 Å². The van der Waals surface area contributed by atoms with Gasteiger partial charge in [-0.05, 0) is 12.8 Å². The van der Waals surface area contributed by atoms with E-state index < -0.39 is 24.1 Å². The fourth-order valence-corrected chi connectivity index (χ4v) is 5.70. The maximum Gasteiger partial charge on any atom is 0.392 e. The first-order valence-electron chi connectivity index (χ1n) is 9.61. The predicted octanol–water partition coefficient (Wildman–Crippen LogP) is 2.79.